The minimum atomic E-state index is -1.01. The molecule has 0 saturated heterocycles. The van der Waals surface area contributed by atoms with E-state index in [0.717, 1.165) is 0 Å². The Kier molecular flexibility index (Phi) is 5.91. The smallest absolute Gasteiger partial charge is 0.325 e. The average molecular weight is 284 g/mol. The Morgan fingerprint density at radius 3 is 2.15 bits per heavy atom. The van der Waals surface area contributed by atoms with Crippen LogP contribution in [-0.4, -0.2) is 56.4 Å². The number of nitrogens with one attached hydrogen (secondary N) is 3. The molecule has 1 atom stereocenters. The molecule has 20 heavy (non-hydrogen) atoms. The van der Waals surface area contributed by atoms with Gasteiger partial charge in [-0.1, -0.05) is 0 Å². The Morgan fingerprint density at radius 1 is 1.10 bits per heavy atom. The second-order valence-electron chi connectivity index (χ2n) is 4.46. The molecule has 0 aliphatic carbocycles. The van der Waals surface area contributed by atoms with Crippen LogP contribution in [0.1, 0.15) is 20.8 Å². The van der Waals surface area contributed by atoms with E-state index in [0.29, 0.717) is 12.5 Å². The van der Waals surface area contributed by atoms with Gasteiger partial charge in [0.1, 0.15) is 6.04 Å². The Balaban J connectivity index is 2.93. The van der Waals surface area contributed by atoms with Crippen LogP contribution in [-0.2, 0) is 4.79 Å². The molecule has 0 amide bonds. The molecule has 0 fully saturated rings. The van der Waals surface area contributed by atoms with Gasteiger partial charge in [0.15, 0.2) is 0 Å². The fourth-order valence-corrected chi connectivity index (χ4v) is 1.27. The molecule has 1 aromatic rings. The van der Waals surface area contributed by atoms with Crippen LogP contribution < -0.4 is 16.0 Å². The normalized spacial score (nSPS) is 12.1. The molecule has 9 heteroatoms. The minimum absolute atomic E-state index is 0.0626. The van der Waals surface area contributed by atoms with Gasteiger partial charge in [-0.2, -0.15) is 15.0 Å². The molecule has 0 spiro atoms. The number of hydrogen-bond acceptors (Lipinski definition) is 8. The number of carboxylic acids is 1. The highest BCUT2D eigenvalue weighted by Crippen LogP contribution is 2.11. The van der Waals surface area contributed by atoms with Crippen LogP contribution in [0.3, 0.4) is 0 Å². The van der Waals surface area contributed by atoms with Crippen LogP contribution in [0.25, 0.3) is 0 Å². The monoisotopic (exact) mass is 284 g/mol. The maximum absolute atomic E-state index is 10.8. The van der Waals surface area contributed by atoms with Gasteiger partial charge in [0.2, 0.25) is 17.8 Å². The second kappa shape index (κ2) is 7.43. The number of carboxylic acid groups (broad SMARTS) is 1. The lowest BCUT2D eigenvalue weighted by Gasteiger charge is -2.14. The number of aromatic nitrogens is 3. The van der Waals surface area contributed by atoms with Crippen molar-refractivity contribution in [1.82, 2.24) is 15.0 Å². The summed E-state index contributed by atoms with van der Waals surface area (Å²) in [5.41, 5.74) is 0. The van der Waals surface area contributed by atoms with Gasteiger partial charge < -0.3 is 26.2 Å². The zero-order valence-corrected chi connectivity index (χ0v) is 11.7. The number of aliphatic hydroxyl groups excluding tert-OH is 1. The van der Waals surface area contributed by atoms with Crippen LogP contribution >= 0.6 is 0 Å². The molecule has 0 aliphatic heterocycles. The molecule has 9 nitrogen and oxygen atoms in total. The largest absolute Gasteiger partial charge is 0.480 e. The molecular weight excluding hydrogens is 264 g/mol. The second-order valence-corrected chi connectivity index (χ2v) is 4.46. The van der Waals surface area contributed by atoms with E-state index < -0.39 is 12.0 Å². The molecule has 0 unspecified atom stereocenters. The SMILES string of the molecule is CC(C)Nc1nc(NCCO)nc(N[C@@H](C)C(=O)O)n1. The maximum atomic E-state index is 10.8. The molecule has 1 aromatic heterocycles. The highest BCUT2D eigenvalue weighted by atomic mass is 16.4. The summed E-state index contributed by atoms with van der Waals surface area (Å²) in [6.07, 6.45) is 0. The Labute approximate surface area is 116 Å². The molecule has 5 N–H and O–H groups in total. The first-order valence-electron chi connectivity index (χ1n) is 6.29. The predicted octanol–water partition coefficient (Wildman–Crippen LogP) is -0.0189. The molecule has 0 saturated carbocycles. The topological polar surface area (TPSA) is 132 Å². The van der Waals surface area contributed by atoms with Gasteiger partial charge in [0.05, 0.1) is 6.61 Å². The molecular formula is C11H20N6O3. The van der Waals surface area contributed by atoms with Crippen molar-refractivity contribution in [3.8, 4) is 0 Å². The standard InChI is InChI=1S/C11H20N6O3/c1-6(2)13-10-15-9(12-4-5-18)16-11(17-10)14-7(3)8(19)20/h6-7,18H,4-5H2,1-3H3,(H,19,20)(H3,12,13,14,15,16,17)/t7-/m0/s1. The summed E-state index contributed by atoms with van der Waals surface area (Å²) in [5.74, 6) is -0.264. The van der Waals surface area contributed by atoms with Crippen LogP contribution in [0.5, 0.6) is 0 Å². The summed E-state index contributed by atoms with van der Waals surface area (Å²) in [5, 5.41) is 26.1. The van der Waals surface area contributed by atoms with Gasteiger partial charge >= 0.3 is 5.97 Å². The Hall–Kier alpha value is -2.16. The van der Waals surface area contributed by atoms with Crippen molar-refractivity contribution in [1.29, 1.82) is 0 Å². The van der Waals surface area contributed by atoms with E-state index in [-0.39, 0.29) is 24.5 Å². The number of nitrogens with zero attached hydrogens (tertiary/aromatic N) is 3. The first kappa shape index (κ1) is 15.9. The minimum Gasteiger partial charge on any atom is -0.480 e. The molecule has 1 rings (SSSR count). The quantitative estimate of drug-likeness (QED) is 0.446. The average Bonchev–Trinajstić information content (AvgIpc) is 2.35. The zero-order chi connectivity index (χ0) is 15.1. The zero-order valence-electron chi connectivity index (χ0n) is 11.7. The highest BCUT2D eigenvalue weighted by Gasteiger charge is 2.14. The summed E-state index contributed by atoms with van der Waals surface area (Å²) in [4.78, 5) is 23.1. The molecule has 0 radical (unpaired) electrons. The lowest BCUT2D eigenvalue weighted by molar-refractivity contribution is -0.137. The molecule has 0 bridgehead atoms. The number of rotatable bonds is 8. The van der Waals surface area contributed by atoms with Gasteiger partial charge in [-0.05, 0) is 20.8 Å². The third-order valence-corrected chi connectivity index (χ3v) is 2.16. The van der Waals surface area contributed by atoms with Crippen molar-refractivity contribution in [2.75, 3.05) is 29.1 Å². The van der Waals surface area contributed by atoms with Gasteiger partial charge in [-0.25, -0.2) is 0 Å². The van der Waals surface area contributed by atoms with Gasteiger partial charge in [0.25, 0.3) is 0 Å². The number of carbonyl (C=O) groups is 1. The lowest BCUT2D eigenvalue weighted by Crippen LogP contribution is -2.27. The van der Waals surface area contributed by atoms with Crippen molar-refractivity contribution in [2.45, 2.75) is 32.9 Å². The number of anilines is 3. The van der Waals surface area contributed by atoms with Crippen molar-refractivity contribution in [2.24, 2.45) is 0 Å². The Morgan fingerprint density at radius 2 is 1.65 bits per heavy atom. The van der Waals surface area contributed by atoms with Crippen molar-refractivity contribution in [3.05, 3.63) is 0 Å². The summed E-state index contributed by atoms with van der Waals surface area (Å²) in [6.45, 7) is 5.57. The molecule has 0 aromatic carbocycles. The van der Waals surface area contributed by atoms with E-state index in [2.05, 4.69) is 30.9 Å². The van der Waals surface area contributed by atoms with E-state index in [1.54, 1.807) is 0 Å². The van der Waals surface area contributed by atoms with E-state index in [1.807, 2.05) is 13.8 Å². The molecule has 112 valence electrons. The summed E-state index contributed by atoms with van der Waals surface area (Å²) in [6, 6.07) is -0.706. The first-order valence-corrected chi connectivity index (χ1v) is 6.29. The van der Waals surface area contributed by atoms with Crippen LogP contribution in [0, 0.1) is 0 Å². The molecule has 1 heterocycles. The lowest BCUT2D eigenvalue weighted by atomic mass is 10.3. The van der Waals surface area contributed by atoms with E-state index in [4.69, 9.17) is 10.2 Å². The number of hydrogen-bond donors (Lipinski definition) is 5. The fourth-order valence-electron chi connectivity index (χ4n) is 1.27. The first-order chi connectivity index (χ1) is 9.42. The van der Waals surface area contributed by atoms with Crippen molar-refractivity contribution in [3.63, 3.8) is 0 Å². The van der Waals surface area contributed by atoms with Gasteiger partial charge in [-0.3, -0.25) is 4.79 Å². The van der Waals surface area contributed by atoms with Crippen LogP contribution in [0.15, 0.2) is 0 Å². The number of aliphatic carboxylic acids is 1. The van der Waals surface area contributed by atoms with Crippen LogP contribution in [0.2, 0.25) is 0 Å². The Bertz CT molecular complexity index is 454. The van der Waals surface area contributed by atoms with Crippen molar-refractivity contribution >= 4 is 23.8 Å². The van der Waals surface area contributed by atoms with Crippen molar-refractivity contribution < 1.29 is 15.0 Å². The van der Waals surface area contributed by atoms with E-state index >= 15 is 0 Å². The fraction of sp³-hybridized carbons (Fsp3) is 0.636. The van der Waals surface area contributed by atoms with Gasteiger partial charge in [0, 0.05) is 12.6 Å². The van der Waals surface area contributed by atoms with Crippen LogP contribution in [0.4, 0.5) is 17.8 Å². The third-order valence-electron chi connectivity index (χ3n) is 2.16. The van der Waals surface area contributed by atoms with E-state index in [1.165, 1.54) is 6.92 Å². The predicted molar refractivity (Wildman–Crippen MR) is 74.9 cm³/mol. The van der Waals surface area contributed by atoms with Gasteiger partial charge in [-0.15, -0.1) is 0 Å². The summed E-state index contributed by atoms with van der Waals surface area (Å²) in [7, 11) is 0. The summed E-state index contributed by atoms with van der Waals surface area (Å²) < 4.78 is 0. The van der Waals surface area contributed by atoms with E-state index in [9.17, 15) is 4.79 Å². The summed E-state index contributed by atoms with van der Waals surface area (Å²) >= 11 is 0. The number of aliphatic hydroxyl groups is 1. The maximum Gasteiger partial charge on any atom is 0.325 e. The highest BCUT2D eigenvalue weighted by molar-refractivity contribution is 5.76. The third kappa shape index (κ3) is 5.22. The molecule has 0 aliphatic rings.